The molecule has 2 rings (SSSR count). The Balaban J connectivity index is 0.00000264. The van der Waals surface area contributed by atoms with Gasteiger partial charge >= 0.3 is 18.9 Å². The molecule has 0 aliphatic carbocycles. The summed E-state index contributed by atoms with van der Waals surface area (Å²) in [5, 5.41) is 1.63. The summed E-state index contributed by atoms with van der Waals surface area (Å²) >= 11 is 12.1. The second kappa shape index (κ2) is 9.73. The maximum atomic E-state index is 12.4. The summed E-state index contributed by atoms with van der Waals surface area (Å²) in [6.07, 6.45) is 1.12. The number of carbonyl (C=O) groups excluding carboxylic acids is 1. The molecule has 0 spiro atoms. The Morgan fingerprint density at radius 1 is 1.13 bits per heavy atom. The average Bonchev–Trinajstić information content (AvgIpc) is 2.49. The molecule has 0 N–H and O–H groups in total. The van der Waals surface area contributed by atoms with Crippen LogP contribution in [0.25, 0.3) is 0 Å². The summed E-state index contributed by atoms with van der Waals surface area (Å²) in [4.78, 5) is 12.4. The zero-order chi connectivity index (χ0) is 16.1. The Morgan fingerprint density at radius 2 is 1.70 bits per heavy atom. The van der Waals surface area contributed by atoms with Gasteiger partial charge in [-0.15, -0.1) is 0 Å². The van der Waals surface area contributed by atoms with E-state index in [-0.39, 0.29) is 30.5 Å². The monoisotopic (exact) mass is 360 g/mol. The first kappa shape index (κ1) is 20.6. The minimum absolute atomic E-state index is 0. The Bertz CT molecular complexity index is 642. The maximum absolute atomic E-state index is 12.4. The van der Waals surface area contributed by atoms with Crippen LogP contribution in [0.1, 0.15) is 30.6 Å². The van der Waals surface area contributed by atoms with Crippen LogP contribution in [0.3, 0.4) is 0 Å². The van der Waals surface area contributed by atoms with Gasteiger partial charge < -0.3 is 18.1 Å². The zero-order valence-electron chi connectivity index (χ0n) is 13.3. The van der Waals surface area contributed by atoms with Crippen LogP contribution in [0.2, 0.25) is 10.0 Å². The van der Waals surface area contributed by atoms with Gasteiger partial charge in [-0.3, -0.25) is 0 Å². The molecule has 0 aliphatic heterocycles. The predicted octanol–water partition coefficient (Wildman–Crippen LogP) is 2.59. The van der Waals surface area contributed by atoms with E-state index >= 15 is 0 Å². The fourth-order valence-corrected chi connectivity index (χ4v) is 3.38. The summed E-state index contributed by atoms with van der Waals surface area (Å²) in [7, 11) is 0.536. The Labute approximate surface area is 160 Å². The summed E-state index contributed by atoms with van der Waals surface area (Å²) < 4.78 is 5.72. The van der Waals surface area contributed by atoms with Crippen molar-refractivity contribution in [3.63, 3.8) is 0 Å². The average molecular weight is 361 g/mol. The molecule has 1 unspecified atom stereocenters. The van der Waals surface area contributed by atoms with Crippen molar-refractivity contribution in [1.29, 1.82) is 0 Å². The van der Waals surface area contributed by atoms with Gasteiger partial charge in [-0.25, -0.2) is 0 Å². The largest absolute Gasteiger partial charge is 1.00 e. The van der Waals surface area contributed by atoms with E-state index < -0.39 is 0 Å². The van der Waals surface area contributed by atoms with E-state index in [1.165, 1.54) is 0 Å². The molecule has 2 nitrogen and oxygen atoms in total. The van der Waals surface area contributed by atoms with Gasteiger partial charge in [-0.05, 0) is 37.6 Å². The quantitative estimate of drug-likeness (QED) is 0.584. The first-order valence-corrected chi connectivity index (χ1v) is 8.63. The van der Waals surface area contributed by atoms with E-state index in [2.05, 4.69) is 6.92 Å². The Morgan fingerprint density at radius 3 is 2.22 bits per heavy atom. The van der Waals surface area contributed by atoms with Gasteiger partial charge in [0, 0.05) is 11.1 Å². The summed E-state index contributed by atoms with van der Waals surface area (Å²) in [5.74, 6) is 0.802. The van der Waals surface area contributed by atoms with Crippen LogP contribution in [0, 0.1) is 0 Å². The van der Waals surface area contributed by atoms with Crippen LogP contribution in [0.4, 0.5) is 0 Å². The second-order valence-corrected chi connectivity index (χ2v) is 6.80. The molecular weight excluding hydrogens is 345 g/mol. The molecule has 0 fully saturated rings. The molecular formula is C17H16Cl2LiO2P. The third-order valence-corrected chi connectivity index (χ3v) is 4.77. The summed E-state index contributed by atoms with van der Waals surface area (Å²) in [5.41, 5.74) is 0.249. The van der Waals surface area contributed by atoms with Crippen LogP contribution >= 0.6 is 31.8 Å². The maximum Gasteiger partial charge on any atom is 1.00 e. The van der Waals surface area contributed by atoms with E-state index in [1.54, 1.807) is 18.2 Å². The second-order valence-electron chi connectivity index (χ2n) is 4.84. The molecule has 0 saturated heterocycles. The first-order chi connectivity index (χ1) is 10.5. The molecule has 0 aromatic heterocycles. The predicted molar refractivity (Wildman–Crippen MR) is 94.2 cm³/mol. The molecule has 116 valence electrons. The number of hydrogen-bond donors (Lipinski definition) is 0. The van der Waals surface area contributed by atoms with E-state index in [4.69, 9.17) is 27.9 Å². The third kappa shape index (κ3) is 5.82. The van der Waals surface area contributed by atoms with Gasteiger partial charge in [0.2, 0.25) is 0 Å². The fourth-order valence-electron chi connectivity index (χ4n) is 1.79. The standard InChI is InChI=1S/C17H16Cl2O2P.Li/c1-3-11(2)21-12-7-9-13(10-8-12)22-17(20)16-14(18)5-4-6-15(16)19;/h4-11H,3H2,1-2H3;/q-1;+1. The topological polar surface area (TPSA) is 26.3 Å². The number of ether oxygens (including phenoxy) is 1. The molecule has 23 heavy (non-hydrogen) atoms. The number of rotatable bonds is 6. The number of halogens is 2. The van der Waals surface area contributed by atoms with Crippen molar-refractivity contribution in [2.45, 2.75) is 26.4 Å². The smallest absolute Gasteiger partial charge is 0.491 e. The van der Waals surface area contributed by atoms with Crippen molar-refractivity contribution in [2.75, 3.05) is 0 Å². The minimum atomic E-state index is -0.119. The molecule has 6 heteroatoms. The van der Waals surface area contributed by atoms with Crippen molar-refractivity contribution >= 4 is 42.6 Å². The van der Waals surface area contributed by atoms with Crippen molar-refractivity contribution in [1.82, 2.24) is 0 Å². The van der Waals surface area contributed by atoms with Gasteiger partial charge in [0.1, 0.15) is 5.75 Å². The van der Waals surface area contributed by atoms with Crippen LogP contribution < -0.4 is 28.9 Å². The van der Waals surface area contributed by atoms with E-state index in [0.717, 1.165) is 17.5 Å². The van der Waals surface area contributed by atoms with Crippen molar-refractivity contribution in [2.24, 2.45) is 0 Å². The van der Waals surface area contributed by atoms with E-state index in [9.17, 15) is 4.79 Å². The minimum Gasteiger partial charge on any atom is -0.491 e. The van der Waals surface area contributed by atoms with Crippen molar-refractivity contribution in [3.05, 3.63) is 58.1 Å². The summed E-state index contributed by atoms with van der Waals surface area (Å²) in [6, 6.07) is 12.5. The molecule has 2 aromatic rings. The molecule has 0 radical (unpaired) electrons. The van der Waals surface area contributed by atoms with Crippen LogP contribution in [0.15, 0.2) is 42.5 Å². The molecule has 0 aliphatic rings. The van der Waals surface area contributed by atoms with Gasteiger partial charge in [-0.2, -0.15) is 5.30 Å². The molecule has 0 bridgehead atoms. The number of benzene rings is 2. The van der Waals surface area contributed by atoms with Gasteiger partial charge in [0.05, 0.1) is 16.1 Å². The number of carbonyl (C=O) groups is 1. The SMILES string of the molecule is CCC(C)Oc1ccc([P-]C(=O)c2c(Cl)cccc2Cl)cc1.[Li+]. The molecule has 0 saturated carbocycles. The molecule has 2 aromatic carbocycles. The van der Waals surface area contributed by atoms with Gasteiger partial charge in [0.25, 0.3) is 0 Å². The molecule has 0 heterocycles. The summed E-state index contributed by atoms with van der Waals surface area (Å²) in [6.45, 7) is 4.10. The molecule has 0 amide bonds. The zero-order valence-corrected chi connectivity index (χ0v) is 15.8. The van der Waals surface area contributed by atoms with Crippen LogP contribution in [-0.4, -0.2) is 11.6 Å². The first-order valence-electron chi connectivity index (χ1n) is 6.98. The van der Waals surface area contributed by atoms with E-state index in [0.29, 0.717) is 24.2 Å². The fraction of sp³-hybridized carbons (Fsp3) is 0.235. The molecule has 1 atom stereocenters. The van der Waals surface area contributed by atoms with Crippen molar-refractivity contribution < 1.29 is 28.4 Å². The number of hydrogen-bond acceptors (Lipinski definition) is 2. The van der Waals surface area contributed by atoms with Crippen LogP contribution in [-0.2, 0) is 0 Å². The Kier molecular flexibility index (Phi) is 8.70. The van der Waals surface area contributed by atoms with E-state index in [1.807, 2.05) is 31.2 Å². The van der Waals surface area contributed by atoms with Gasteiger partial charge in [0.15, 0.2) is 0 Å². The normalized spacial score (nSPS) is 12.0. The van der Waals surface area contributed by atoms with Gasteiger partial charge in [-0.1, -0.05) is 48.3 Å². The van der Waals surface area contributed by atoms with Crippen molar-refractivity contribution in [3.8, 4) is 5.75 Å². The Hall–Kier alpha value is -0.483. The van der Waals surface area contributed by atoms with Crippen LogP contribution in [0.5, 0.6) is 5.75 Å². The third-order valence-electron chi connectivity index (χ3n) is 3.16.